The molecule has 0 radical (unpaired) electrons. The third kappa shape index (κ3) is 2.80. The largest absolute Gasteiger partial charge is 0.469 e. The predicted molar refractivity (Wildman–Crippen MR) is 57.4 cm³/mol. The molecule has 1 rings (SSSR count). The van der Waals surface area contributed by atoms with Crippen molar-refractivity contribution in [2.45, 2.75) is 25.9 Å². The first kappa shape index (κ1) is 11.7. The number of carbonyl (C=O) groups is 1. The zero-order valence-electron chi connectivity index (χ0n) is 9.06. The molecule has 0 bridgehead atoms. The molecule has 1 aromatic rings. The summed E-state index contributed by atoms with van der Waals surface area (Å²) in [6.07, 6.45) is 0.713. The summed E-state index contributed by atoms with van der Waals surface area (Å²) in [5.41, 5.74) is 1.78. The number of aliphatic hydroxyl groups excluding tert-OH is 1. The van der Waals surface area contributed by atoms with Gasteiger partial charge in [-0.3, -0.25) is 4.79 Å². The number of benzene rings is 1. The lowest BCUT2D eigenvalue weighted by Gasteiger charge is -2.12. The summed E-state index contributed by atoms with van der Waals surface area (Å²) >= 11 is 0. The highest BCUT2D eigenvalue weighted by molar-refractivity contribution is 5.77. The van der Waals surface area contributed by atoms with Crippen LogP contribution in [0.4, 0.5) is 0 Å². The van der Waals surface area contributed by atoms with E-state index in [-0.39, 0.29) is 18.5 Å². The van der Waals surface area contributed by atoms with Gasteiger partial charge in [-0.25, -0.2) is 0 Å². The van der Waals surface area contributed by atoms with Gasteiger partial charge >= 0.3 is 5.97 Å². The molecule has 82 valence electrons. The third-order valence-electron chi connectivity index (χ3n) is 2.46. The highest BCUT2D eigenvalue weighted by Crippen LogP contribution is 2.21. The molecule has 0 aliphatic rings. The molecule has 0 saturated heterocycles. The number of esters is 1. The molecule has 0 unspecified atom stereocenters. The number of hydrogen-bond donors (Lipinski definition) is 1. The van der Waals surface area contributed by atoms with E-state index in [0.29, 0.717) is 6.42 Å². The maximum Gasteiger partial charge on any atom is 0.313 e. The molecule has 1 N–H and O–H groups in total. The summed E-state index contributed by atoms with van der Waals surface area (Å²) in [7, 11) is 1.40. The van der Waals surface area contributed by atoms with Gasteiger partial charge in [-0.15, -0.1) is 0 Å². The predicted octanol–water partition coefficient (Wildman–Crippen LogP) is 1.85. The van der Waals surface area contributed by atoms with E-state index in [1.165, 1.54) is 7.11 Å². The summed E-state index contributed by atoms with van der Waals surface area (Å²) in [6, 6.07) is 7.36. The average molecular weight is 208 g/mol. The first-order chi connectivity index (χ1) is 7.22. The normalized spacial score (nSPS) is 12.2. The minimum Gasteiger partial charge on any atom is -0.469 e. The van der Waals surface area contributed by atoms with Crippen LogP contribution in [0, 0.1) is 0 Å². The fourth-order valence-corrected chi connectivity index (χ4v) is 1.54. The number of rotatable bonds is 4. The monoisotopic (exact) mass is 208 g/mol. The van der Waals surface area contributed by atoms with Crippen LogP contribution in [0.5, 0.6) is 0 Å². The maximum absolute atomic E-state index is 11.4. The van der Waals surface area contributed by atoms with Crippen LogP contribution in [-0.2, 0) is 16.1 Å². The molecule has 1 atom stereocenters. The second kappa shape index (κ2) is 5.51. The Hall–Kier alpha value is -1.35. The van der Waals surface area contributed by atoms with Crippen molar-refractivity contribution in [1.82, 2.24) is 0 Å². The molecule has 0 fully saturated rings. The molecule has 3 heteroatoms. The van der Waals surface area contributed by atoms with Crippen LogP contribution in [0.2, 0.25) is 0 Å². The van der Waals surface area contributed by atoms with Crippen LogP contribution < -0.4 is 0 Å². The summed E-state index contributed by atoms with van der Waals surface area (Å²) in [5, 5.41) is 8.89. The highest BCUT2D eigenvalue weighted by atomic mass is 16.5. The maximum atomic E-state index is 11.4. The van der Waals surface area contributed by atoms with E-state index in [9.17, 15) is 4.79 Å². The molecular weight excluding hydrogens is 192 g/mol. The van der Waals surface area contributed by atoms with E-state index in [1.807, 2.05) is 31.2 Å². The first-order valence-electron chi connectivity index (χ1n) is 5.00. The van der Waals surface area contributed by atoms with Crippen molar-refractivity contribution < 1.29 is 14.6 Å². The van der Waals surface area contributed by atoms with Crippen LogP contribution in [0.3, 0.4) is 0 Å². The minimum atomic E-state index is -0.214. The minimum absolute atomic E-state index is 0.0231. The molecule has 0 aliphatic heterocycles. The van der Waals surface area contributed by atoms with E-state index in [4.69, 9.17) is 9.84 Å². The second-order valence-corrected chi connectivity index (χ2v) is 3.38. The second-order valence-electron chi connectivity index (χ2n) is 3.38. The van der Waals surface area contributed by atoms with Gasteiger partial charge in [-0.05, 0) is 17.5 Å². The Morgan fingerprint density at radius 1 is 1.40 bits per heavy atom. The lowest BCUT2D eigenvalue weighted by atomic mass is 9.96. The molecule has 0 aromatic heterocycles. The molecule has 0 spiro atoms. The molecular formula is C12H16O3. The third-order valence-corrected chi connectivity index (χ3v) is 2.46. The molecule has 0 saturated carbocycles. The molecule has 0 heterocycles. The summed E-state index contributed by atoms with van der Waals surface area (Å²) in [6.45, 7) is 1.97. The standard InChI is InChI=1S/C12H16O3/c1-3-11(12(14)15-2)10-6-4-9(8-13)5-7-10/h4-7,11,13H,3,8H2,1-2H3/t11-/m0/s1. The van der Waals surface area contributed by atoms with Gasteiger partial charge in [0.1, 0.15) is 0 Å². The average Bonchev–Trinajstić information content (AvgIpc) is 2.30. The Bertz CT molecular complexity index is 316. The Morgan fingerprint density at radius 2 is 2.00 bits per heavy atom. The molecule has 3 nitrogen and oxygen atoms in total. The Kier molecular flexibility index (Phi) is 4.31. The van der Waals surface area contributed by atoms with E-state index < -0.39 is 0 Å². The van der Waals surface area contributed by atoms with Crippen LogP contribution in [0.1, 0.15) is 30.4 Å². The van der Waals surface area contributed by atoms with Crippen molar-refractivity contribution in [2.24, 2.45) is 0 Å². The van der Waals surface area contributed by atoms with Crippen LogP contribution in [-0.4, -0.2) is 18.2 Å². The summed E-state index contributed by atoms with van der Waals surface area (Å²) < 4.78 is 4.73. The number of methoxy groups -OCH3 is 1. The van der Waals surface area contributed by atoms with Crippen LogP contribution in [0.15, 0.2) is 24.3 Å². The van der Waals surface area contributed by atoms with E-state index >= 15 is 0 Å². The lowest BCUT2D eigenvalue weighted by Crippen LogP contribution is -2.13. The highest BCUT2D eigenvalue weighted by Gasteiger charge is 2.18. The first-order valence-corrected chi connectivity index (χ1v) is 5.00. The Labute approximate surface area is 89.7 Å². The van der Waals surface area contributed by atoms with Crippen molar-refractivity contribution in [3.8, 4) is 0 Å². The SMILES string of the molecule is CC[C@H](C(=O)OC)c1ccc(CO)cc1. The van der Waals surface area contributed by atoms with E-state index in [2.05, 4.69) is 0 Å². The molecule has 15 heavy (non-hydrogen) atoms. The smallest absolute Gasteiger partial charge is 0.313 e. The molecule has 0 amide bonds. The Morgan fingerprint density at radius 3 is 2.40 bits per heavy atom. The topological polar surface area (TPSA) is 46.5 Å². The van der Waals surface area contributed by atoms with Crippen molar-refractivity contribution >= 4 is 5.97 Å². The Balaban J connectivity index is 2.87. The summed E-state index contributed by atoms with van der Waals surface area (Å²) in [5.74, 6) is -0.419. The number of hydrogen-bond acceptors (Lipinski definition) is 3. The van der Waals surface area contributed by atoms with E-state index in [0.717, 1.165) is 11.1 Å². The fourth-order valence-electron chi connectivity index (χ4n) is 1.54. The van der Waals surface area contributed by atoms with Crippen LogP contribution in [0.25, 0.3) is 0 Å². The molecule has 0 aliphatic carbocycles. The van der Waals surface area contributed by atoms with Gasteiger partial charge in [0.15, 0.2) is 0 Å². The van der Waals surface area contributed by atoms with Crippen molar-refractivity contribution in [3.05, 3.63) is 35.4 Å². The zero-order chi connectivity index (χ0) is 11.3. The van der Waals surface area contributed by atoms with Crippen molar-refractivity contribution in [1.29, 1.82) is 0 Å². The number of aliphatic hydroxyl groups is 1. The van der Waals surface area contributed by atoms with Gasteiger partial charge in [0.2, 0.25) is 0 Å². The van der Waals surface area contributed by atoms with Gasteiger partial charge in [0.05, 0.1) is 19.6 Å². The summed E-state index contributed by atoms with van der Waals surface area (Å²) in [4.78, 5) is 11.4. The van der Waals surface area contributed by atoms with Gasteiger partial charge in [0, 0.05) is 0 Å². The fraction of sp³-hybridized carbons (Fsp3) is 0.417. The zero-order valence-corrected chi connectivity index (χ0v) is 9.06. The van der Waals surface area contributed by atoms with Crippen molar-refractivity contribution in [2.75, 3.05) is 7.11 Å². The van der Waals surface area contributed by atoms with Crippen molar-refractivity contribution in [3.63, 3.8) is 0 Å². The number of ether oxygens (including phenoxy) is 1. The van der Waals surface area contributed by atoms with Crippen LogP contribution >= 0.6 is 0 Å². The van der Waals surface area contributed by atoms with Gasteiger partial charge < -0.3 is 9.84 Å². The lowest BCUT2D eigenvalue weighted by molar-refractivity contribution is -0.142. The molecule has 1 aromatic carbocycles. The number of carbonyl (C=O) groups excluding carboxylic acids is 1. The van der Waals surface area contributed by atoms with Gasteiger partial charge in [0.25, 0.3) is 0 Å². The van der Waals surface area contributed by atoms with Gasteiger partial charge in [-0.2, -0.15) is 0 Å². The quantitative estimate of drug-likeness (QED) is 0.768. The van der Waals surface area contributed by atoms with Gasteiger partial charge in [-0.1, -0.05) is 31.2 Å². The van der Waals surface area contributed by atoms with E-state index in [1.54, 1.807) is 0 Å².